The van der Waals surface area contributed by atoms with Gasteiger partial charge in [0.2, 0.25) is 17.8 Å². The van der Waals surface area contributed by atoms with Crippen molar-refractivity contribution in [3.05, 3.63) is 35.8 Å². The van der Waals surface area contributed by atoms with Crippen LogP contribution in [0.5, 0.6) is 0 Å². The quantitative estimate of drug-likeness (QED) is 0.335. The van der Waals surface area contributed by atoms with Crippen molar-refractivity contribution >= 4 is 34.7 Å². The van der Waals surface area contributed by atoms with Crippen molar-refractivity contribution in [2.24, 2.45) is 5.92 Å². The molecule has 2 aliphatic rings. The van der Waals surface area contributed by atoms with E-state index < -0.39 is 23.1 Å². The van der Waals surface area contributed by atoms with E-state index in [0.717, 1.165) is 51.6 Å². The van der Waals surface area contributed by atoms with E-state index in [1.165, 1.54) is 0 Å². The Kier molecular flexibility index (Phi) is 8.72. The highest BCUT2D eigenvalue weighted by Gasteiger charge is 2.30. The lowest BCUT2D eigenvalue weighted by Crippen LogP contribution is -2.40. The van der Waals surface area contributed by atoms with Gasteiger partial charge in [0.05, 0.1) is 18.8 Å². The van der Waals surface area contributed by atoms with E-state index >= 15 is 0 Å². The van der Waals surface area contributed by atoms with Gasteiger partial charge in [0.15, 0.2) is 17.3 Å². The van der Waals surface area contributed by atoms with Crippen molar-refractivity contribution < 1.29 is 22.7 Å². The molecule has 1 aliphatic carbocycles. The number of amides is 1. The number of benzene rings is 1. The van der Waals surface area contributed by atoms with Crippen LogP contribution in [0.25, 0.3) is 11.2 Å². The van der Waals surface area contributed by atoms with Gasteiger partial charge in [0.1, 0.15) is 17.0 Å². The third-order valence-corrected chi connectivity index (χ3v) is 7.66. The van der Waals surface area contributed by atoms with Crippen molar-refractivity contribution in [1.29, 1.82) is 0 Å². The first-order valence-corrected chi connectivity index (χ1v) is 14.2. The molecule has 216 valence electrons. The van der Waals surface area contributed by atoms with Gasteiger partial charge in [-0.15, -0.1) is 0 Å². The Morgan fingerprint density at radius 3 is 2.38 bits per heavy atom. The first-order chi connectivity index (χ1) is 19.4. The number of nitrogens with zero attached hydrogens (tertiary/aromatic N) is 5. The van der Waals surface area contributed by atoms with Crippen LogP contribution in [0.15, 0.2) is 18.3 Å². The van der Waals surface area contributed by atoms with E-state index in [9.17, 15) is 18.0 Å². The van der Waals surface area contributed by atoms with Crippen LogP contribution in [0, 0.1) is 23.4 Å². The van der Waals surface area contributed by atoms with Crippen molar-refractivity contribution in [2.75, 3.05) is 36.9 Å². The van der Waals surface area contributed by atoms with Crippen LogP contribution in [0.2, 0.25) is 0 Å². The minimum atomic E-state index is -1.06. The third kappa shape index (κ3) is 6.01. The lowest BCUT2D eigenvalue weighted by Gasteiger charge is -2.32. The SMILES string of the molecule is CCCN(CCC)C(=O)C1CCC(Nc2ncc3nc(Nc4c(F)cc(F)cc4F)n(C4CCOC4)c3n2)CC1. The number of carbonyl (C=O) groups excluding carboxylic acids is 1. The van der Waals surface area contributed by atoms with Gasteiger partial charge in [0.25, 0.3) is 0 Å². The Morgan fingerprint density at radius 1 is 1.05 bits per heavy atom. The topological polar surface area (TPSA) is 97.2 Å². The first-order valence-electron chi connectivity index (χ1n) is 14.2. The molecule has 1 atom stereocenters. The molecule has 1 aliphatic heterocycles. The number of fused-ring (bicyclic) bond motifs is 1. The lowest BCUT2D eigenvalue weighted by atomic mass is 9.85. The molecule has 12 heteroatoms. The number of anilines is 3. The van der Waals surface area contributed by atoms with Crippen molar-refractivity contribution in [3.63, 3.8) is 0 Å². The normalized spacial score (nSPS) is 21.1. The van der Waals surface area contributed by atoms with Crippen LogP contribution in [0.4, 0.5) is 30.8 Å². The summed E-state index contributed by atoms with van der Waals surface area (Å²) in [5.74, 6) is -2.23. The van der Waals surface area contributed by atoms with Gasteiger partial charge in [0, 0.05) is 43.8 Å². The molecular weight excluding hydrogens is 523 g/mol. The van der Waals surface area contributed by atoms with Gasteiger partial charge >= 0.3 is 0 Å². The molecule has 1 unspecified atom stereocenters. The molecule has 0 spiro atoms. The Hall–Kier alpha value is -3.41. The molecule has 40 heavy (non-hydrogen) atoms. The zero-order valence-electron chi connectivity index (χ0n) is 22.9. The van der Waals surface area contributed by atoms with Crippen molar-refractivity contribution in [3.8, 4) is 0 Å². The standard InChI is InChI=1S/C28H36F3N7O2/c1-3-10-37(11-4-2)26(39)17-5-7-19(8-6-17)33-27-32-15-23-25(36-27)38(20-9-12-40-16-20)28(34-23)35-24-21(30)13-18(29)14-22(24)31/h13-15,17,19-20H,3-12,16H2,1-2H3,(H,34,35)(H,32,33,36). The van der Waals surface area contributed by atoms with E-state index in [4.69, 9.17) is 9.72 Å². The number of hydrogen-bond donors (Lipinski definition) is 2. The fourth-order valence-corrected chi connectivity index (χ4v) is 5.69. The highest BCUT2D eigenvalue weighted by Crippen LogP contribution is 2.33. The van der Waals surface area contributed by atoms with Gasteiger partial charge in [-0.1, -0.05) is 13.8 Å². The molecule has 1 amide bonds. The molecule has 5 rings (SSSR count). The molecule has 2 aromatic heterocycles. The second-order valence-corrected chi connectivity index (χ2v) is 10.6. The summed E-state index contributed by atoms with van der Waals surface area (Å²) < 4.78 is 49.6. The Bertz CT molecular complexity index is 1310. The maximum atomic E-state index is 14.4. The molecule has 2 fully saturated rings. The van der Waals surface area contributed by atoms with Crippen molar-refractivity contribution in [2.45, 2.75) is 70.9 Å². The molecule has 0 radical (unpaired) electrons. The Labute approximate surface area is 231 Å². The summed E-state index contributed by atoms with van der Waals surface area (Å²) in [6.07, 6.45) is 7.43. The lowest BCUT2D eigenvalue weighted by molar-refractivity contribution is -0.136. The third-order valence-electron chi connectivity index (χ3n) is 7.66. The van der Waals surface area contributed by atoms with E-state index in [2.05, 4.69) is 34.4 Å². The summed E-state index contributed by atoms with van der Waals surface area (Å²) in [5, 5.41) is 6.11. The summed E-state index contributed by atoms with van der Waals surface area (Å²) in [4.78, 5) is 28.7. The van der Waals surface area contributed by atoms with Crippen LogP contribution in [-0.2, 0) is 9.53 Å². The van der Waals surface area contributed by atoms with Crippen molar-refractivity contribution in [1.82, 2.24) is 24.4 Å². The minimum absolute atomic E-state index is 0.0456. The number of aromatic nitrogens is 4. The maximum absolute atomic E-state index is 14.4. The molecule has 1 saturated carbocycles. The number of carbonyl (C=O) groups is 1. The zero-order chi connectivity index (χ0) is 28.2. The summed E-state index contributed by atoms with van der Waals surface area (Å²) in [6, 6.07) is 1.20. The second-order valence-electron chi connectivity index (χ2n) is 10.6. The minimum Gasteiger partial charge on any atom is -0.379 e. The van der Waals surface area contributed by atoms with Gasteiger partial charge in [-0.2, -0.15) is 4.98 Å². The van der Waals surface area contributed by atoms with Gasteiger partial charge in [-0.05, 0) is 44.9 Å². The van der Waals surface area contributed by atoms with Gasteiger partial charge in [-0.3, -0.25) is 9.36 Å². The highest BCUT2D eigenvalue weighted by molar-refractivity contribution is 5.79. The molecule has 2 N–H and O–H groups in total. The van der Waals surface area contributed by atoms with E-state index in [0.29, 0.717) is 48.9 Å². The molecule has 1 saturated heterocycles. The maximum Gasteiger partial charge on any atom is 0.225 e. The average Bonchev–Trinajstić information content (AvgIpc) is 3.58. The number of rotatable bonds is 10. The van der Waals surface area contributed by atoms with Gasteiger partial charge < -0.3 is 20.3 Å². The van der Waals surface area contributed by atoms with Crippen LogP contribution in [0.1, 0.15) is 64.8 Å². The number of halogens is 3. The fraction of sp³-hybridized carbons (Fsp3) is 0.571. The molecule has 9 nitrogen and oxygen atoms in total. The molecule has 3 aromatic rings. The number of nitrogens with one attached hydrogen (secondary N) is 2. The molecule has 0 bridgehead atoms. The largest absolute Gasteiger partial charge is 0.379 e. The first kappa shape index (κ1) is 28.1. The highest BCUT2D eigenvalue weighted by atomic mass is 19.1. The zero-order valence-corrected chi connectivity index (χ0v) is 22.9. The average molecular weight is 560 g/mol. The monoisotopic (exact) mass is 559 g/mol. The number of hydrogen-bond acceptors (Lipinski definition) is 7. The Morgan fingerprint density at radius 2 is 1.75 bits per heavy atom. The molecule has 3 heterocycles. The van der Waals surface area contributed by atoms with E-state index in [1.807, 2.05) is 4.90 Å². The summed E-state index contributed by atoms with van der Waals surface area (Å²) in [6.45, 7) is 6.72. The predicted octanol–water partition coefficient (Wildman–Crippen LogP) is 5.57. The van der Waals surface area contributed by atoms with Crippen LogP contribution < -0.4 is 10.6 Å². The molecule has 1 aromatic carbocycles. The number of ether oxygens (including phenoxy) is 1. The summed E-state index contributed by atoms with van der Waals surface area (Å²) in [7, 11) is 0. The second kappa shape index (κ2) is 12.4. The molecular formula is C28H36F3N7O2. The Balaban J connectivity index is 1.33. The van der Waals surface area contributed by atoms with E-state index in [1.54, 1.807) is 10.8 Å². The summed E-state index contributed by atoms with van der Waals surface area (Å²) >= 11 is 0. The van der Waals surface area contributed by atoms with Crippen LogP contribution in [-0.4, -0.2) is 62.7 Å². The summed E-state index contributed by atoms with van der Waals surface area (Å²) in [5.41, 5.74) is 0.451. The van der Waals surface area contributed by atoms with Crippen LogP contribution in [0.3, 0.4) is 0 Å². The smallest absolute Gasteiger partial charge is 0.225 e. The van der Waals surface area contributed by atoms with Crippen LogP contribution >= 0.6 is 0 Å². The number of imidazole rings is 1. The predicted molar refractivity (Wildman–Crippen MR) is 146 cm³/mol. The van der Waals surface area contributed by atoms with E-state index in [-0.39, 0.29) is 29.9 Å². The van der Waals surface area contributed by atoms with Gasteiger partial charge in [-0.25, -0.2) is 23.1 Å². The fourth-order valence-electron chi connectivity index (χ4n) is 5.69.